The van der Waals surface area contributed by atoms with Crippen molar-refractivity contribution in [2.75, 3.05) is 0 Å². The van der Waals surface area contributed by atoms with Crippen molar-refractivity contribution < 1.29 is 0 Å². The van der Waals surface area contributed by atoms with E-state index in [-0.39, 0.29) is 0 Å². The third-order valence-electron chi connectivity index (χ3n) is 3.99. The topological polar surface area (TPSA) is 26.0 Å². The first-order chi connectivity index (χ1) is 8.37. The van der Waals surface area contributed by atoms with Crippen molar-refractivity contribution in [3.8, 4) is 0 Å². The van der Waals surface area contributed by atoms with E-state index in [1.807, 2.05) is 11.8 Å². The van der Waals surface area contributed by atoms with Crippen LogP contribution in [-0.4, -0.2) is 11.3 Å². The van der Waals surface area contributed by atoms with Crippen LogP contribution in [0.2, 0.25) is 0 Å². The number of nitrogens with two attached hydrogens (primary N) is 1. The molecule has 2 rings (SSSR count). The van der Waals surface area contributed by atoms with Crippen LogP contribution >= 0.6 is 11.8 Å². The van der Waals surface area contributed by atoms with Crippen LogP contribution < -0.4 is 5.73 Å². The first-order valence-electron chi connectivity index (χ1n) is 6.87. The minimum atomic E-state index is 0.351. The molecule has 100 valence electrons. The maximum Gasteiger partial charge on any atom is 0.0251 e. The van der Waals surface area contributed by atoms with Crippen LogP contribution in [0.25, 0.3) is 0 Å². The van der Waals surface area contributed by atoms with E-state index >= 15 is 0 Å². The molecule has 0 amide bonds. The molecule has 0 aliphatic heterocycles. The highest BCUT2D eigenvalue weighted by atomic mass is 32.2. The zero-order valence-corrected chi connectivity index (χ0v) is 12.8. The lowest BCUT2D eigenvalue weighted by molar-refractivity contribution is 0.232. The van der Waals surface area contributed by atoms with E-state index in [1.165, 1.54) is 28.9 Å². The highest BCUT2D eigenvalue weighted by Crippen LogP contribution is 2.42. The van der Waals surface area contributed by atoms with Crippen LogP contribution in [0.4, 0.5) is 0 Å². The number of hydrogen-bond acceptors (Lipinski definition) is 2. The molecular formula is C16H25NS. The molecule has 18 heavy (non-hydrogen) atoms. The molecule has 2 atom stereocenters. The fourth-order valence-electron chi connectivity index (χ4n) is 2.77. The van der Waals surface area contributed by atoms with E-state index in [2.05, 4.69) is 45.9 Å². The first kappa shape index (κ1) is 14.0. The Hall–Kier alpha value is -0.470. The quantitative estimate of drug-likeness (QED) is 0.861. The minimum absolute atomic E-state index is 0.351. The molecule has 1 aromatic rings. The lowest BCUT2D eigenvalue weighted by Crippen LogP contribution is -2.41. The monoisotopic (exact) mass is 263 g/mol. The summed E-state index contributed by atoms with van der Waals surface area (Å²) in [4.78, 5) is 1.40. The lowest BCUT2D eigenvalue weighted by Gasteiger charge is -2.39. The van der Waals surface area contributed by atoms with Crippen molar-refractivity contribution in [1.29, 1.82) is 0 Å². The Morgan fingerprint density at radius 2 is 2.00 bits per heavy atom. The molecule has 0 heterocycles. The SMILES string of the molecule is Cc1ccc(SC2CC(C)(C)CCC2N)c(C)c1. The van der Waals surface area contributed by atoms with E-state index in [0.717, 1.165) is 6.42 Å². The Balaban J connectivity index is 2.12. The van der Waals surface area contributed by atoms with E-state index in [1.54, 1.807) is 0 Å². The van der Waals surface area contributed by atoms with Gasteiger partial charge in [-0.15, -0.1) is 11.8 Å². The third kappa shape index (κ3) is 3.30. The van der Waals surface area contributed by atoms with E-state index in [4.69, 9.17) is 5.73 Å². The number of thioether (sulfide) groups is 1. The van der Waals surface area contributed by atoms with Gasteiger partial charge in [-0.25, -0.2) is 0 Å². The largest absolute Gasteiger partial charge is 0.327 e. The molecule has 1 fully saturated rings. The average Bonchev–Trinajstić information content (AvgIpc) is 2.27. The molecule has 0 radical (unpaired) electrons. The predicted octanol–water partition coefficient (Wildman–Crippen LogP) is 4.30. The summed E-state index contributed by atoms with van der Waals surface area (Å²) in [5.41, 5.74) is 9.48. The molecule has 0 aromatic heterocycles. The molecule has 1 aliphatic carbocycles. The summed E-state index contributed by atoms with van der Waals surface area (Å²) in [6, 6.07) is 7.07. The van der Waals surface area contributed by atoms with Crippen molar-refractivity contribution in [2.45, 2.75) is 63.1 Å². The molecule has 2 heteroatoms. The normalized spacial score (nSPS) is 27.2. The summed E-state index contributed by atoms with van der Waals surface area (Å²) in [5.74, 6) is 0. The Kier molecular flexibility index (Phi) is 4.08. The summed E-state index contributed by atoms with van der Waals surface area (Å²) < 4.78 is 0. The molecule has 1 aliphatic rings. The molecule has 1 saturated carbocycles. The fourth-order valence-corrected chi connectivity index (χ4v) is 4.33. The second-order valence-corrected chi connectivity index (χ2v) is 7.78. The van der Waals surface area contributed by atoms with Crippen LogP contribution in [0.15, 0.2) is 23.1 Å². The van der Waals surface area contributed by atoms with Crippen molar-refractivity contribution in [2.24, 2.45) is 11.1 Å². The molecule has 0 spiro atoms. The van der Waals surface area contributed by atoms with Crippen molar-refractivity contribution in [3.05, 3.63) is 29.3 Å². The standard InChI is InChI=1S/C16H25NS/c1-11-5-6-14(12(2)9-11)18-15-10-16(3,4)8-7-13(15)17/h5-6,9,13,15H,7-8,10,17H2,1-4H3. The van der Waals surface area contributed by atoms with Gasteiger partial charge in [0.05, 0.1) is 0 Å². The second-order valence-electron chi connectivity index (χ2n) is 6.50. The van der Waals surface area contributed by atoms with Gasteiger partial charge in [-0.2, -0.15) is 0 Å². The third-order valence-corrected chi connectivity index (χ3v) is 5.53. The van der Waals surface area contributed by atoms with Gasteiger partial charge in [0.2, 0.25) is 0 Å². The van der Waals surface area contributed by atoms with Crippen LogP contribution in [0.3, 0.4) is 0 Å². The van der Waals surface area contributed by atoms with Crippen LogP contribution in [0.5, 0.6) is 0 Å². The highest BCUT2D eigenvalue weighted by Gasteiger charge is 2.33. The molecular weight excluding hydrogens is 238 g/mol. The van der Waals surface area contributed by atoms with Crippen molar-refractivity contribution >= 4 is 11.8 Å². The Morgan fingerprint density at radius 1 is 1.28 bits per heavy atom. The molecule has 2 unspecified atom stereocenters. The summed E-state index contributed by atoms with van der Waals surface area (Å²) >= 11 is 1.99. The maximum atomic E-state index is 6.31. The van der Waals surface area contributed by atoms with Gasteiger partial charge in [0.1, 0.15) is 0 Å². The summed E-state index contributed by atoms with van der Waals surface area (Å²) in [5, 5.41) is 0.565. The maximum absolute atomic E-state index is 6.31. The van der Waals surface area contributed by atoms with Crippen LogP contribution in [-0.2, 0) is 0 Å². The first-order valence-corrected chi connectivity index (χ1v) is 7.75. The van der Waals surface area contributed by atoms with Crippen molar-refractivity contribution in [1.82, 2.24) is 0 Å². The van der Waals surface area contributed by atoms with Gasteiger partial charge in [-0.1, -0.05) is 31.5 Å². The van der Waals surface area contributed by atoms with E-state index in [9.17, 15) is 0 Å². The van der Waals surface area contributed by atoms with E-state index in [0.29, 0.717) is 16.7 Å². The molecule has 2 N–H and O–H groups in total. The van der Waals surface area contributed by atoms with E-state index < -0.39 is 0 Å². The van der Waals surface area contributed by atoms with Gasteiger partial charge in [0.15, 0.2) is 0 Å². The highest BCUT2D eigenvalue weighted by molar-refractivity contribution is 8.00. The average molecular weight is 263 g/mol. The van der Waals surface area contributed by atoms with Crippen LogP contribution in [0.1, 0.15) is 44.2 Å². The Morgan fingerprint density at radius 3 is 2.67 bits per heavy atom. The van der Waals surface area contributed by atoms with Gasteiger partial charge in [0, 0.05) is 16.2 Å². The Bertz CT molecular complexity index is 425. The molecule has 0 bridgehead atoms. The predicted molar refractivity (Wildman–Crippen MR) is 81.2 cm³/mol. The van der Waals surface area contributed by atoms with Gasteiger partial charge < -0.3 is 5.73 Å². The minimum Gasteiger partial charge on any atom is -0.327 e. The second kappa shape index (κ2) is 5.26. The van der Waals surface area contributed by atoms with Crippen molar-refractivity contribution in [3.63, 3.8) is 0 Å². The van der Waals surface area contributed by atoms with Gasteiger partial charge in [-0.3, -0.25) is 0 Å². The van der Waals surface area contributed by atoms with Gasteiger partial charge in [0.25, 0.3) is 0 Å². The number of benzene rings is 1. The number of rotatable bonds is 2. The van der Waals surface area contributed by atoms with Crippen LogP contribution in [0, 0.1) is 19.3 Å². The molecule has 0 saturated heterocycles. The summed E-state index contributed by atoms with van der Waals surface area (Å²) in [6.45, 7) is 9.09. The molecule has 1 aromatic carbocycles. The summed E-state index contributed by atoms with van der Waals surface area (Å²) in [6.07, 6.45) is 3.65. The van der Waals surface area contributed by atoms with Gasteiger partial charge in [-0.05, 0) is 50.2 Å². The number of aryl methyl sites for hydroxylation is 2. The smallest absolute Gasteiger partial charge is 0.0251 e. The Labute approximate surface area is 116 Å². The molecule has 1 nitrogen and oxygen atoms in total. The zero-order valence-electron chi connectivity index (χ0n) is 12.0. The fraction of sp³-hybridized carbons (Fsp3) is 0.625. The summed E-state index contributed by atoms with van der Waals surface area (Å²) in [7, 11) is 0. The number of hydrogen-bond donors (Lipinski definition) is 1. The zero-order chi connectivity index (χ0) is 13.3. The lowest BCUT2D eigenvalue weighted by atomic mass is 9.75. The van der Waals surface area contributed by atoms with Gasteiger partial charge >= 0.3 is 0 Å².